The van der Waals surface area contributed by atoms with Gasteiger partial charge >= 0.3 is 16.1 Å². The number of nitrogens with zero attached hydrogens (tertiary/aromatic N) is 3. The number of rotatable bonds is 6. The third kappa shape index (κ3) is 4.00. The van der Waals surface area contributed by atoms with Gasteiger partial charge in [0.15, 0.2) is 4.90 Å². The molecule has 0 heterocycles. The van der Waals surface area contributed by atoms with Crippen molar-refractivity contribution in [1.82, 2.24) is 0 Å². The number of para-hydroxylation sites is 1. The highest BCUT2D eigenvalue weighted by atomic mass is 32.2. The quantitative estimate of drug-likeness (QED) is 0.321. The third-order valence-corrected chi connectivity index (χ3v) is 3.29. The Labute approximate surface area is 124 Å². The van der Waals surface area contributed by atoms with Gasteiger partial charge in [-0.25, -0.2) is 4.79 Å². The summed E-state index contributed by atoms with van der Waals surface area (Å²) in [5, 5.41) is 22.3. The molecule has 1 aromatic carbocycles. The minimum atomic E-state index is -4.68. The lowest BCUT2D eigenvalue weighted by Crippen LogP contribution is -2.17. The third-order valence-electron chi connectivity index (χ3n) is 2.13. The van der Waals surface area contributed by atoms with Crippen molar-refractivity contribution in [3.63, 3.8) is 0 Å². The Morgan fingerprint density at radius 3 is 2.64 bits per heavy atom. The van der Waals surface area contributed by atoms with Crippen LogP contribution in [0, 0.1) is 21.4 Å². The largest absolute Gasteiger partial charge is 0.461 e. The highest BCUT2D eigenvalue weighted by Crippen LogP contribution is 2.24. The molecule has 0 atom stereocenters. The topological polar surface area (TPSA) is 149 Å². The fourth-order valence-corrected chi connectivity index (χ4v) is 2.15. The molecule has 0 fully saturated rings. The summed E-state index contributed by atoms with van der Waals surface area (Å²) in [5.74, 6) is -1.18. The van der Waals surface area contributed by atoms with E-state index in [0.29, 0.717) is 0 Å². The predicted octanol–water partition coefficient (Wildman–Crippen LogP) is 0.743. The first-order valence-electron chi connectivity index (χ1n) is 5.65. The maximum atomic E-state index is 11.9. The van der Waals surface area contributed by atoms with Crippen molar-refractivity contribution in [2.75, 3.05) is 6.61 Å². The first kappa shape index (κ1) is 17.1. The molecule has 0 aromatic heterocycles. The molecule has 0 aliphatic rings. The summed E-state index contributed by atoms with van der Waals surface area (Å²) < 4.78 is 32.3. The fourth-order valence-electron chi connectivity index (χ4n) is 1.25. The minimum absolute atomic E-state index is 0.0591. The lowest BCUT2D eigenvalue weighted by Gasteiger charge is -2.03. The van der Waals surface area contributed by atoms with Crippen molar-refractivity contribution in [2.45, 2.75) is 11.8 Å². The molecule has 0 saturated heterocycles. The number of benzene rings is 1. The molecule has 0 aliphatic heterocycles. The molecule has 116 valence electrons. The molecule has 10 nitrogen and oxygen atoms in total. The van der Waals surface area contributed by atoms with E-state index in [1.165, 1.54) is 25.1 Å². The Balaban J connectivity index is 3.15. The molecular formula is C11H9N3O7S. The lowest BCUT2D eigenvalue weighted by molar-refractivity contribution is -0.387. The molecule has 0 saturated carbocycles. The first-order chi connectivity index (χ1) is 10.3. The number of nitriles is 1. The first-order valence-corrected chi connectivity index (χ1v) is 7.06. The Hall–Kier alpha value is -3.00. The van der Waals surface area contributed by atoms with Crippen LogP contribution in [0.4, 0.5) is 5.69 Å². The Bertz CT molecular complexity index is 764. The van der Waals surface area contributed by atoms with Crippen LogP contribution in [0.25, 0.3) is 0 Å². The van der Waals surface area contributed by atoms with Gasteiger partial charge < -0.3 is 4.74 Å². The molecule has 22 heavy (non-hydrogen) atoms. The van der Waals surface area contributed by atoms with Crippen LogP contribution in [0.5, 0.6) is 0 Å². The number of oxime groups is 1. The zero-order valence-corrected chi connectivity index (χ0v) is 11.9. The number of hydrogen-bond acceptors (Lipinski definition) is 9. The summed E-state index contributed by atoms with van der Waals surface area (Å²) >= 11 is 0. The van der Waals surface area contributed by atoms with Gasteiger partial charge in [0.25, 0.3) is 11.4 Å². The fraction of sp³-hybridized carbons (Fsp3) is 0.182. The normalized spacial score (nSPS) is 11.4. The molecule has 1 rings (SSSR count). The summed E-state index contributed by atoms with van der Waals surface area (Å²) in [6, 6.07) is 5.69. The van der Waals surface area contributed by atoms with E-state index in [1.807, 2.05) is 0 Å². The van der Waals surface area contributed by atoms with Gasteiger partial charge in [-0.2, -0.15) is 13.7 Å². The molecule has 0 bridgehead atoms. The van der Waals surface area contributed by atoms with E-state index in [2.05, 4.69) is 14.2 Å². The van der Waals surface area contributed by atoms with Gasteiger partial charge in [-0.05, 0) is 18.1 Å². The SMILES string of the molecule is CCOC(=O)/C(C#N)=N\OS(=O)(=O)c1ccccc1[N+](=O)[O-]. The maximum absolute atomic E-state index is 11.9. The van der Waals surface area contributed by atoms with Gasteiger partial charge in [-0.1, -0.05) is 12.1 Å². The van der Waals surface area contributed by atoms with Crippen LogP contribution in [0.1, 0.15) is 6.92 Å². The van der Waals surface area contributed by atoms with Crippen molar-refractivity contribution < 1.29 is 27.2 Å². The summed E-state index contributed by atoms with van der Waals surface area (Å²) in [6.07, 6.45) is 0. The maximum Gasteiger partial charge on any atom is 0.371 e. The molecule has 0 unspecified atom stereocenters. The van der Waals surface area contributed by atoms with Crippen LogP contribution < -0.4 is 0 Å². The number of esters is 1. The number of carbonyl (C=O) groups excluding carboxylic acids is 1. The standard InChI is InChI=1S/C11H9N3O7S/c1-2-20-11(15)8(7-12)13-21-22(18,19)10-6-4-3-5-9(10)14(16)17/h3-6H,2H2,1H3/b13-8-. The van der Waals surface area contributed by atoms with E-state index in [-0.39, 0.29) is 6.61 Å². The Morgan fingerprint density at radius 2 is 2.09 bits per heavy atom. The summed E-state index contributed by atoms with van der Waals surface area (Å²) in [6.45, 7) is 1.41. The molecule has 0 N–H and O–H groups in total. The van der Waals surface area contributed by atoms with Crippen LogP contribution in [0.2, 0.25) is 0 Å². The smallest absolute Gasteiger partial charge is 0.371 e. The highest BCUT2D eigenvalue weighted by molar-refractivity contribution is 7.86. The van der Waals surface area contributed by atoms with Crippen molar-refractivity contribution in [3.8, 4) is 6.07 Å². The number of nitro benzene ring substituents is 1. The molecule has 0 aliphatic carbocycles. The monoisotopic (exact) mass is 327 g/mol. The molecule has 0 spiro atoms. The molecule has 1 aromatic rings. The van der Waals surface area contributed by atoms with Gasteiger partial charge in [0.05, 0.1) is 11.5 Å². The molecular weight excluding hydrogens is 318 g/mol. The summed E-state index contributed by atoms with van der Waals surface area (Å²) in [7, 11) is -4.68. The minimum Gasteiger partial charge on any atom is -0.461 e. The second kappa shape index (κ2) is 7.14. The van der Waals surface area contributed by atoms with E-state index in [0.717, 1.165) is 12.1 Å². The van der Waals surface area contributed by atoms with Crippen LogP contribution in [-0.2, 0) is 23.9 Å². The van der Waals surface area contributed by atoms with Crippen LogP contribution in [0.3, 0.4) is 0 Å². The zero-order valence-electron chi connectivity index (χ0n) is 11.1. The Kier molecular flexibility index (Phi) is 5.53. The average Bonchev–Trinajstić information content (AvgIpc) is 2.48. The van der Waals surface area contributed by atoms with E-state index < -0.39 is 37.3 Å². The van der Waals surface area contributed by atoms with Crippen molar-refractivity contribution in [3.05, 3.63) is 34.4 Å². The van der Waals surface area contributed by atoms with E-state index in [9.17, 15) is 23.3 Å². The van der Waals surface area contributed by atoms with E-state index >= 15 is 0 Å². The zero-order chi connectivity index (χ0) is 16.8. The second-order valence-electron chi connectivity index (χ2n) is 3.53. The van der Waals surface area contributed by atoms with Crippen molar-refractivity contribution in [1.29, 1.82) is 5.26 Å². The molecule has 11 heteroatoms. The highest BCUT2D eigenvalue weighted by Gasteiger charge is 2.27. The number of nitro groups is 1. The summed E-state index contributed by atoms with van der Waals surface area (Å²) in [5.41, 5.74) is -1.67. The van der Waals surface area contributed by atoms with Gasteiger partial charge in [0.2, 0.25) is 0 Å². The van der Waals surface area contributed by atoms with Crippen LogP contribution in [-0.4, -0.2) is 31.6 Å². The number of hydrogen-bond donors (Lipinski definition) is 0. The van der Waals surface area contributed by atoms with Gasteiger partial charge in [-0.15, -0.1) is 0 Å². The number of ether oxygens (including phenoxy) is 1. The van der Waals surface area contributed by atoms with Crippen molar-refractivity contribution >= 4 is 27.5 Å². The number of carbonyl (C=O) groups is 1. The van der Waals surface area contributed by atoms with Crippen LogP contribution in [0.15, 0.2) is 34.3 Å². The molecule has 0 amide bonds. The van der Waals surface area contributed by atoms with E-state index in [1.54, 1.807) is 0 Å². The average molecular weight is 327 g/mol. The summed E-state index contributed by atoms with van der Waals surface area (Å²) in [4.78, 5) is 20.3. The van der Waals surface area contributed by atoms with Crippen molar-refractivity contribution in [2.24, 2.45) is 5.16 Å². The molecule has 0 radical (unpaired) electrons. The second-order valence-corrected chi connectivity index (χ2v) is 5.02. The van der Waals surface area contributed by atoms with Gasteiger partial charge in [0, 0.05) is 6.07 Å². The lowest BCUT2D eigenvalue weighted by atomic mass is 10.3. The van der Waals surface area contributed by atoms with E-state index in [4.69, 9.17) is 5.26 Å². The van der Waals surface area contributed by atoms with Crippen LogP contribution >= 0.6 is 0 Å². The predicted molar refractivity (Wildman–Crippen MR) is 71.0 cm³/mol. The van der Waals surface area contributed by atoms with Gasteiger partial charge in [0.1, 0.15) is 6.07 Å². The van der Waals surface area contributed by atoms with Gasteiger partial charge in [-0.3, -0.25) is 14.4 Å². The Morgan fingerprint density at radius 1 is 1.45 bits per heavy atom.